The van der Waals surface area contributed by atoms with Gasteiger partial charge in [0.15, 0.2) is 10.9 Å². The molecule has 1 N–H and O–H groups in total. The number of carbonyl (C=O) groups is 2. The molecule has 5 nitrogen and oxygen atoms in total. The van der Waals surface area contributed by atoms with Gasteiger partial charge in [0, 0.05) is 11.1 Å². The Morgan fingerprint density at radius 2 is 1.71 bits per heavy atom. The predicted octanol–water partition coefficient (Wildman–Crippen LogP) is 2.91. The van der Waals surface area contributed by atoms with Gasteiger partial charge in [-0.1, -0.05) is 29.5 Å². The number of nitrogens with zero attached hydrogens (tertiary/aromatic N) is 2. The summed E-state index contributed by atoms with van der Waals surface area (Å²) in [5.41, 5.74) is 4.43. The second kappa shape index (κ2) is 8.20. The standard InChI is InChI=1S/C22H25N3O2S/c1-14-12-15(2)20-19(13-14)23-22(28-20)25(11-10-24(4)5)21(27)18-8-6-17(7-9-18)16(3)26/h6-9,12-13H,10-11H2,1-5H3/p+1. The number of likely N-dealkylation sites (N-methyl/N-ethyl adjacent to an activating group) is 1. The maximum atomic E-state index is 13.3. The molecule has 0 aliphatic carbocycles. The van der Waals surface area contributed by atoms with E-state index < -0.39 is 0 Å². The van der Waals surface area contributed by atoms with E-state index >= 15 is 0 Å². The number of thiazole rings is 1. The number of fused-ring (bicyclic) bond motifs is 1. The molecular weight excluding hydrogens is 370 g/mol. The molecule has 0 saturated carbocycles. The normalized spacial score (nSPS) is 11.2. The Bertz CT molecular complexity index is 1020. The molecule has 0 aliphatic heterocycles. The van der Waals surface area contributed by atoms with E-state index in [4.69, 9.17) is 4.98 Å². The summed E-state index contributed by atoms with van der Waals surface area (Å²) >= 11 is 1.55. The van der Waals surface area contributed by atoms with E-state index in [1.54, 1.807) is 40.5 Å². The summed E-state index contributed by atoms with van der Waals surface area (Å²) in [4.78, 5) is 32.6. The number of hydrogen-bond donors (Lipinski definition) is 1. The highest BCUT2D eigenvalue weighted by molar-refractivity contribution is 7.22. The van der Waals surface area contributed by atoms with Crippen molar-refractivity contribution in [2.75, 3.05) is 32.1 Å². The van der Waals surface area contributed by atoms with Crippen LogP contribution in [0.25, 0.3) is 10.2 Å². The number of Topliss-reactive ketones (excluding diaryl/α,β-unsaturated/α-hetero) is 1. The summed E-state index contributed by atoms with van der Waals surface area (Å²) in [6, 6.07) is 11.0. The monoisotopic (exact) mass is 396 g/mol. The first-order chi connectivity index (χ1) is 13.3. The average molecular weight is 397 g/mol. The van der Waals surface area contributed by atoms with Gasteiger partial charge in [-0.2, -0.15) is 0 Å². The number of nitrogens with one attached hydrogen (secondary N) is 1. The largest absolute Gasteiger partial charge is 0.338 e. The van der Waals surface area contributed by atoms with Crippen LogP contribution >= 0.6 is 11.3 Å². The summed E-state index contributed by atoms with van der Waals surface area (Å²) in [6.07, 6.45) is 0. The highest BCUT2D eigenvalue weighted by Crippen LogP contribution is 2.32. The number of ketones is 1. The molecule has 1 heterocycles. The lowest BCUT2D eigenvalue weighted by atomic mass is 10.1. The fourth-order valence-electron chi connectivity index (χ4n) is 3.10. The van der Waals surface area contributed by atoms with Gasteiger partial charge < -0.3 is 4.90 Å². The second-order valence-electron chi connectivity index (χ2n) is 7.47. The van der Waals surface area contributed by atoms with Crippen LogP contribution < -0.4 is 9.80 Å². The molecule has 3 rings (SSSR count). The van der Waals surface area contributed by atoms with Gasteiger partial charge in [-0.15, -0.1) is 0 Å². The summed E-state index contributed by atoms with van der Waals surface area (Å²) in [7, 11) is 4.13. The number of quaternary nitrogens is 1. The topological polar surface area (TPSA) is 54.7 Å². The maximum absolute atomic E-state index is 13.3. The number of hydrogen-bond acceptors (Lipinski definition) is 4. The molecule has 2 aromatic carbocycles. The van der Waals surface area contributed by atoms with Gasteiger partial charge in [0.1, 0.15) is 0 Å². The van der Waals surface area contributed by atoms with E-state index in [1.807, 2.05) is 0 Å². The average Bonchev–Trinajstić information content (AvgIpc) is 3.05. The van der Waals surface area contributed by atoms with Crippen LogP contribution in [-0.2, 0) is 0 Å². The van der Waals surface area contributed by atoms with Crippen LogP contribution in [-0.4, -0.2) is 43.9 Å². The van der Waals surface area contributed by atoms with Crippen LogP contribution in [0.5, 0.6) is 0 Å². The third kappa shape index (κ3) is 4.29. The highest BCUT2D eigenvalue weighted by atomic mass is 32.1. The molecule has 0 unspecified atom stereocenters. The van der Waals surface area contributed by atoms with Crippen LogP contribution in [0.1, 0.15) is 38.8 Å². The Labute approximate surface area is 169 Å². The minimum atomic E-state index is -0.0928. The van der Waals surface area contributed by atoms with Crippen LogP contribution in [0.15, 0.2) is 36.4 Å². The Hall–Kier alpha value is -2.57. The number of anilines is 1. The lowest BCUT2D eigenvalue weighted by Crippen LogP contribution is -3.06. The molecule has 0 saturated heterocycles. The van der Waals surface area contributed by atoms with Crippen molar-refractivity contribution in [3.05, 3.63) is 58.7 Å². The van der Waals surface area contributed by atoms with Crippen molar-refractivity contribution in [2.45, 2.75) is 20.8 Å². The molecule has 0 atom stereocenters. The molecule has 0 aliphatic rings. The van der Waals surface area contributed by atoms with Gasteiger partial charge >= 0.3 is 0 Å². The summed E-state index contributed by atoms with van der Waals surface area (Å²) in [5.74, 6) is -0.103. The van der Waals surface area contributed by atoms with Crippen LogP contribution in [0.2, 0.25) is 0 Å². The molecule has 6 heteroatoms. The lowest BCUT2D eigenvalue weighted by molar-refractivity contribution is -0.856. The summed E-state index contributed by atoms with van der Waals surface area (Å²) in [5, 5.41) is 0.714. The third-order valence-electron chi connectivity index (χ3n) is 4.66. The second-order valence-corrected chi connectivity index (χ2v) is 8.45. The first kappa shape index (κ1) is 20.2. The minimum Gasteiger partial charge on any atom is -0.338 e. The zero-order valence-corrected chi connectivity index (χ0v) is 17.8. The van der Waals surface area contributed by atoms with Gasteiger partial charge in [-0.05, 0) is 50.1 Å². The van der Waals surface area contributed by atoms with Crippen LogP contribution in [0, 0.1) is 13.8 Å². The Morgan fingerprint density at radius 1 is 1.07 bits per heavy atom. The van der Waals surface area contributed by atoms with Crippen molar-refractivity contribution in [3.63, 3.8) is 0 Å². The molecule has 1 amide bonds. The van der Waals surface area contributed by atoms with E-state index in [0.29, 0.717) is 22.8 Å². The third-order valence-corrected chi connectivity index (χ3v) is 5.89. The van der Waals surface area contributed by atoms with Crippen LogP contribution in [0.4, 0.5) is 5.13 Å². The van der Waals surface area contributed by atoms with Crippen molar-refractivity contribution >= 4 is 38.4 Å². The van der Waals surface area contributed by atoms with E-state index in [-0.39, 0.29) is 11.7 Å². The van der Waals surface area contributed by atoms with Gasteiger partial charge in [-0.3, -0.25) is 14.5 Å². The zero-order chi connectivity index (χ0) is 20.4. The van der Waals surface area contributed by atoms with Crippen molar-refractivity contribution in [3.8, 4) is 0 Å². The minimum absolute atomic E-state index is 0.0101. The predicted molar refractivity (Wildman–Crippen MR) is 115 cm³/mol. The number of aromatic nitrogens is 1. The van der Waals surface area contributed by atoms with Crippen molar-refractivity contribution in [1.82, 2.24) is 4.98 Å². The number of benzene rings is 2. The quantitative estimate of drug-likeness (QED) is 0.652. The van der Waals surface area contributed by atoms with Crippen molar-refractivity contribution < 1.29 is 14.5 Å². The molecule has 28 heavy (non-hydrogen) atoms. The van der Waals surface area contributed by atoms with Gasteiger partial charge in [0.25, 0.3) is 5.91 Å². The molecule has 0 bridgehead atoms. The van der Waals surface area contributed by atoms with E-state index in [1.165, 1.54) is 17.4 Å². The Balaban J connectivity index is 1.99. The number of amides is 1. The van der Waals surface area contributed by atoms with E-state index in [9.17, 15) is 9.59 Å². The molecule has 146 valence electrons. The summed E-state index contributed by atoms with van der Waals surface area (Å²) in [6.45, 7) is 7.04. The smallest absolute Gasteiger partial charge is 0.260 e. The van der Waals surface area contributed by atoms with Crippen molar-refractivity contribution in [1.29, 1.82) is 0 Å². The fourth-order valence-corrected chi connectivity index (χ4v) is 4.14. The number of rotatable bonds is 6. The number of aryl methyl sites for hydroxylation is 2. The van der Waals surface area contributed by atoms with E-state index in [0.717, 1.165) is 22.3 Å². The number of carbonyl (C=O) groups excluding carboxylic acids is 2. The van der Waals surface area contributed by atoms with Gasteiger partial charge in [-0.25, -0.2) is 4.98 Å². The highest BCUT2D eigenvalue weighted by Gasteiger charge is 2.23. The Morgan fingerprint density at radius 3 is 2.32 bits per heavy atom. The Kier molecular flexibility index (Phi) is 5.91. The van der Waals surface area contributed by atoms with Gasteiger partial charge in [0.05, 0.1) is 37.4 Å². The van der Waals surface area contributed by atoms with Gasteiger partial charge in [0.2, 0.25) is 0 Å². The first-order valence-corrected chi connectivity index (χ1v) is 10.2. The summed E-state index contributed by atoms with van der Waals surface area (Å²) < 4.78 is 1.11. The molecule has 0 fully saturated rings. The first-order valence-electron chi connectivity index (χ1n) is 9.36. The fraction of sp³-hybridized carbons (Fsp3) is 0.318. The van der Waals surface area contributed by atoms with Crippen molar-refractivity contribution in [2.24, 2.45) is 0 Å². The molecule has 0 radical (unpaired) electrons. The SMILES string of the molecule is CC(=O)c1ccc(C(=O)N(CC[NH+](C)C)c2nc3cc(C)cc(C)c3s2)cc1. The maximum Gasteiger partial charge on any atom is 0.260 e. The molecular formula is C22H26N3O2S+. The lowest BCUT2D eigenvalue weighted by Gasteiger charge is -2.20. The molecule has 3 aromatic rings. The van der Waals surface area contributed by atoms with E-state index in [2.05, 4.69) is 40.1 Å². The van der Waals surface area contributed by atoms with Crippen LogP contribution in [0.3, 0.4) is 0 Å². The molecule has 0 spiro atoms. The zero-order valence-electron chi connectivity index (χ0n) is 17.0. The molecule has 1 aromatic heterocycles.